The van der Waals surface area contributed by atoms with Crippen molar-refractivity contribution >= 4 is 11.9 Å². The van der Waals surface area contributed by atoms with Gasteiger partial charge in [-0.05, 0) is 37.3 Å². The van der Waals surface area contributed by atoms with Crippen molar-refractivity contribution in [2.75, 3.05) is 18.0 Å². The molecule has 1 saturated carbocycles. The SMILES string of the molecule is O=C(NCc1ccc(F)cc1F)c1cnc(N2CCCC2)nc1C1(c2ccccc2)CCCC1. The van der Waals surface area contributed by atoms with Gasteiger partial charge in [0.15, 0.2) is 0 Å². The maximum Gasteiger partial charge on any atom is 0.255 e. The van der Waals surface area contributed by atoms with Crippen molar-refractivity contribution in [3.05, 3.63) is 88.7 Å². The zero-order chi connectivity index (χ0) is 23.5. The van der Waals surface area contributed by atoms with Gasteiger partial charge in [0.25, 0.3) is 5.91 Å². The lowest BCUT2D eigenvalue weighted by Crippen LogP contribution is -2.33. The summed E-state index contributed by atoms with van der Waals surface area (Å²) in [6.07, 6.45) is 7.75. The second-order valence-corrected chi connectivity index (χ2v) is 9.20. The molecule has 5 nitrogen and oxygen atoms in total. The molecular formula is C27H28F2N4O. The average Bonchev–Trinajstić information content (AvgIpc) is 3.57. The zero-order valence-electron chi connectivity index (χ0n) is 19.1. The highest BCUT2D eigenvalue weighted by Crippen LogP contribution is 2.47. The highest BCUT2D eigenvalue weighted by molar-refractivity contribution is 5.95. The van der Waals surface area contributed by atoms with E-state index in [9.17, 15) is 13.6 Å². The number of hydrogen-bond acceptors (Lipinski definition) is 4. The summed E-state index contributed by atoms with van der Waals surface area (Å²) >= 11 is 0. The Kier molecular flexibility index (Phi) is 6.26. The summed E-state index contributed by atoms with van der Waals surface area (Å²) in [6.45, 7) is 1.77. The summed E-state index contributed by atoms with van der Waals surface area (Å²) in [6, 6.07) is 13.6. The first-order valence-corrected chi connectivity index (χ1v) is 12.0. The molecule has 1 aliphatic heterocycles. The van der Waals surface area contributed by atoms with Crippen LogP contribution in [0.2, 0.25) is 0 Å². The van der Waals surface area contributed by atoms with Gasteiger partial charge in [0, 0.05) is 42.9 Å². The van der Waals surface area contributed by atoms with E-state index in [-0.39, 0.29) is 23.4 Å². The molecule has 2 aromatic carbocycles. The van der Waals surface area contributed by atoms with Gasteiger partial charge in [-0.1, -0.05) is 49.2 Å². The van der Waals surface area contributed by atoms with E-state index in [1.807, 2.05) is 18.2 Å². The summed E-state index contributed by atoms with van der Waals surface area (Å²) in [4.78, 5) is 25.1. The minimum Gasteiger partial charge on any atom is -0.348 e. The molecule has 5 rings (SSSR count). The molecule has 1 amide bonds. The largest absolute Gasteiger partial charge is 0.348 e. The Labute approximate surface area is 198 Å². The molecule has 0 bridgehead atoms. The lowest BCUT2D eigenvalue weighted by molar-refractivity contribution is 0.0947. The first-order valence-electron chi connectivity index (χ1n) is 12.0. The molecule has 1 aromatic heterocycles. The molecule has 0 atom stereocenters. The third-order valence-corrected chi connectivity index (χ3v) is 7.10. The van der Waals surface area contributed by atoms with Crippen LogP contribution >= 0.6 is 0 Å². The van der Waals surface area contributed by atoms with Crippen LogP contribution < -0.4 is 10.2 Å². The number of benzene rings is 2. The van der Waals surface area contributed by atoms with Crippen LogP contribution in [0.25, 0.3) is 0 Å². The predicted molar refractivity (Wildman–Crippen MR) is 127 cm³/mol. The number of hydrogen-bond donors (Lipinski definition) is 1. The minimum absolute atomic E-state index is 0.0450. The fraction of sp³-hybridized carbons (Fsp3) is 0.370. The minimum atomic E-state index is -0.683. The van der Waals surface area contributed by atoms with E-state index in [0.29, 0.717) is 11.5 Å². The molecule has 2 aliphatic rings. The van der Waals surface area contributed by atoms with E-state index >= 15 is 0 Å². The Hall–Kier alpha value is -3.35. The van der Waals surface area contributed by atoms with Crippen molar-refractivity contribution in [3.8, 4) is 0 Å². The van der Waals surface area contributed by atoms with Crippen LogP contribution in [0.15, 0.2) is 54.7 Å². The number of halogens is 2. The Balaban J connectivity index is 1.53. The van der Waals surface area contributed by atoms with Gasteiger partial charge in [0.2, 0.25) is 5.95 Å². The molecule has 0 spiro atoms. The van der Waals surface area contributed by atoms with Crippen LogP contribution in [-0.2, 0) is 12.0 Å². The van der Waals surface area contributed by atoms with E-state index in [1.165, 1.54) is 12.1 Å². The second kappa shape index (κ2) is 9.49. The average molecular weight is 463 g/mol. The molecule has 3 aromatic rings. The van der Waals surface area contributed by atoms with Crippen molar-refractivity contribution in [3.63, 3.8) is 0 Å². The Morgan fingerprint density at radius 1 is 1.00 bits per heavy atom. The number of carbonyl (C=O) groups is 1. The van der Waals surface area contributed by atoms with Gasteiger partial charge >= 0.3 is 0 Å². The van der Waals surface area contributed by atoms with Crippen LogP contribution in [0.3, 0.4) is 0 Å². The molecule has 34 heavy (non-hydrogen) atoms. The number of aromatic nitrogens is 2. The number of nitrogens with one attached hydrogen (secondary N) is 1. The van der Waals surface area contributed by atoms with E-state index < -0.39 is 11.6 Å². The molecule has 0 radical (unpaired) electrons. The molecule has 1 aliphatic carbocycles. The first-order chi connectivity index (χ1) is 16.6. The first kappa shape index (κ1) is 22.4. The van der Waals surface area contributed by atoms with Gasteiger partial charge in [0.05, 0.1) is 11.3 Å². The van der Waals surface area contributed by atoms with Gasteiger partial charge in [-0.25, -0.2) is 18.7 Å². The number of anilines is 1. The molecule has 2 heterocycles. The molecule has 1 saturated heterocycles. The van der Waals surface area contributed by atoms with Crippen molar-refractivity contribution in [1.82, 2.24) is 15.3 Å². The van der Waals surface area contributed by atoms with Crippen molar-refractivity contribution < 1.29 is 13.6 Å². The monoisotopic (exact) mass is 462 g/mol. The highest BCUT2D eigenvalue weighted by atomic mass is 19.1. The quantitative estimate of drug-likeness (QED) is 0.551. The number of nitrogens with zero attached hydrogens (tertiary/aromatic N) is 3. The lowest BCUT2D eigenvalue weighted by Gasteiger charge is -2.31. The Morgan fingerprint density at radius 3 is 2.44 bits per heavy atom. The van der Waals surface area contributed by atoms with Gasteiger partial charge in [0.1, 0.15) is 11.6 Å². The summed E-state index contributed by atoms with van der Waals surface area (Å²) in [5.74, 6) is -1.02. The summed E-state index contributed by atoms with van der Waals surface area (Å²) in [5, 5.41) is 2.80. The van der Waals surface area contributed by atoms with Crippen LogP contribution in [0.1, 0.15) is 65.7 Å². The van der Waals surface area contributed by atoms with Gasteiger partial charge < -0.3 is 10.2 Å². The number of rotatable bonds is 6. The van der Waals surface area contributed by atoms with Crippen molar-refractivity contribution in [2.45, 2.75) is 50.5 Å². The van der Waals surface area contributed by atoms with Crippen LogP contribution in [0.5, 0.6) is 0 Å². The summed E-state index contributed by atoms with van der Waals surface area (Å²) in [5.41, 5.74) is 2.16. The fourth-order valence-electron chi connectivity index (χ4n) is 5.31. The Bertz CT molecular complexity index is 1170. The number of amides is 1. The lowest BCUT2D eigenvalue weighted by atomic mass is 9.74. The number of carbonyl (C=O) groups excluding carboxylic acids is 1. The van der Waals surface area contributed by atoms with Crippen LogP contribution in [0, 0.1) is 11.6 Å². The van der Waals surface area contributed by atoms with E-state index in [0.717, 1.165) is 68.9 Å². The molecular weight excluding hydrogens is 434 g/mol. The zero-order valence-corrected chi connectivity index (χ0v) is 19.1. The topological polar surface area (TPSA) is 58.1 Å². The molecule has 2 fully saturated rings. The smallest absolute Gasteiger partial charge is 0.255 e. The van der Waals surface area contributed by atoms with Crippen LogP contribution in [-0.4, -0.2) is 29.0 Å². The third kappa shape index (κ3) is 4.27. The molecule has 176 valence electrons. The maximum atomic E-state index is 14.1. The van der Waals surface area contributed by atoms with E-state index in [4.69, 9.17) is 4.98 Å². The third-order valence-electron chi connectivity index (χ3n) is 7.10. The van der Waals surface area contributed by atoms with Gasteiger partial charge in [-0.15, -0.1) is 0 Å². The standard InChI is InChI=1S/C27H28F2N4O/c28-21-11-10-19(23(29)16-21)17-30-25(34)22-18-31-26(33-14-6-7-15-33)32-24(22)27(12-4-5-13-27)20-8-2-1-3-9-20/h1-3,8-11,16,18H,4-7,12-15,17H2,(H,30,34). The molecule has 7 heteroatoms. The maximum absolute atomic E-state index is 14.1. The molecule has 1 N–H and O–H groups in total. The van der Waals surface area contributed by atoms with Gasteiger partial charge in [-0.2, -0.15) is 0 Å². The van der Waals surface area contributed by atoms with Crippen molar-refractivity contribution in [1.29, 1.82) is 0 Å². The predicted octanol–water partition coefficient (Wildman–Crippen LogP) is 5.15. The highest BCUT2D eigenvalue weighted by Gasteiger charge is 2.42. The van der Waals surface area contributed by atoms with Crippen molar-refractivity contribution in [2.24, 2.45) is 0 Å². The second-order valence-electron chi connectivity index (χ2n) is 9.20. The molecule has 0 unspecified atom stereocenters. The van der Waals surface area contributed by atoms with Crippen LogP contribution in [0.4, 0.5) is 14.7 Å². The summed E-state index contributed by atoms with van der Waals surface area (Å²) in [7, 11) is 0. The van der Waals surface area contributed by atoms with E-state index in [1.54, 1.807) is 6.20 Å². The van der Waals surface area contributed by atoms with E-state index in [2.05, 4.69) is 27.3 Å². The fourth-order valence-corrected chi connectivity index (χ4v) is 5.31. The van der Waals surface area contributed by atoms with Gasteiger partial charge in [-0.3, -0.25) is 4.79 Å². The normalized spacial score (nSPS) is 17.2. The summed E-state index contributed by atoms with van der Waals surface area (Å²) < 4.78 is 27.4. The Morgan fingerprint density at radius 2 is 1.74 bits per heavy atom.